The summed E-state index contributed by atoms with van der Waals surface area (Å²) in [5.74, 6) is 1.01. The average Bonchev–Trinajstić information content (AvgIpc) is 2.72. The predicted octanol–water partition coefficient (Wildman–Crippen LogP) is 6.24. The monoisotopic (exact) mass is 517 g/mol. The summed E-state index contributed by atoms with van der Waals surface area (Å²) < 4.78 is 13.2. The van der Waals surface area contributed by atoms with Gasteiger partial charge >= 0.3 is 0 Å². The number of benzene rings is 3. The summed E-state index contributed by atoms with van der Waals surface area (Å²) in [6.45, 7) is 0.479. The molecule has 4 nitrogen and oxygen atoms in total. The standard InChI is InChI=1S/C23H21Br2NO3/c24-18-12-13-21(19(25)15-18)29-16-23(27)26-20-10-4-5-11-22(20)28-14-6-9-17-7-2-1-3-8-17/h1-5,7-8,10-13,15H,6,9,14,16H2,(H,26,27). The van der Waals surface area contributed by atoms with Crippen LogP contribution in [0.2, 0.25) is 0 Å². The molecule has 0 aromatic heterocycles. The molecule has 150 valence electrons. The van der Waals surface area contributed by atoms with Gasteiger partial charge in [-0.3, -0.25) is 4.79 Å². The van der Waals surface area contributed by atoms with Crippen LogP contribution in [0.3, 0.4) is 0 Å². The molecular weight excluding hydrogens is 498 g/mol. The molecule has 29 heavy (non-hydrogen) atoms. The second-order valence-electron chi connectivity index (χ2n) is 6.35. The van der Waals surface area contributed by atoms with E-state index in [-0.39, 0.29) is 12.5 Å². The van der Waals surface area contributed by atoms with Crippen molar-refractivity contribution in [3.05, 3.63) is 87.3 Å². The highest BCUT2D eigenvalue weighted by Gasteiger charge is 2.10. The highest BCUT2D eigenvalue weighted by Crippen LogP contribution is 2.28. The van der Waals surface area contributed by atoms with Gasteiger partial charge in [0.1, 0.15) is 11.5 Å². The Morgan fingerprint density at radius 2 is 1.62 bits per heavy atom. The van der Waals surface area contributed by atoms with E-state index in [1.807, 2.05) is 54.6 Å². The lowest BCUT2D eigenvalue weighted by Crippen LogP contribution is -2.20. The third-order valence-corrected chi connectivity index (χ3v) is 5.24. The molecule has 0 saturated heterocycles. The van der Waals surface area contributed by atoms with Crippen molar-refractivity contribution in [1.29, 1.82) is 0 Å². The van der Waals surface area contributed by atoms with Gasteiger partial charge in [0, 0.05) is 4.47 Å². The lowest BCUT2D eigenvalue weighted by atomic mass is 10.1. The van der Waals surface area contributed by atoms with E-state index in [0.29, 0.717) is 23.8 Å². The molecule has 0 saturated carbocycles. The van der Waals surface area contributed by atoms with Crippen LogP contribution in [0.25, 0.3) is 0 Å². The van der Waals surface area contributed by atoms with Gasteiger partial charge in [-0.15, -0.1) is 0 Å². The third kappa shape index (κ3) is 6.91. The van der Waals surface area contributed by atoms with Gasteiger partial charge in [-0.05, 0) is 64.7 Å². The second-order valence-corrected chi connectivity index (χ2v) is 8.12. The molecule has 3 aromatic carbocycles. The minimum absolute atomic E-state index is 0.0947. The highest BCUT2D eigenvalue weighted by atomic mass is 79.9. The zero-order chi connectivity index (χ0) is 20.5. The second kappa shape index (κ2) is 11.0. The van der Waals surface area contributed by atoms with Crippen LogP contribution in [0.5, 0.6) is 11.5 Å². The van der Waals surface area contributed by atoms with Crippen molar-refractivity contribution in [3.8, 4) is 11.5 Å². The van der Waals surface area contributed by atoms with Crippen molar-refractivity contribution in [1.82, 2.24) is 0 Å². The van der Waals surface area contributed by atoms with E-state index in [1.54, 1.807) is 6.07 Å². The first-order chi connectivity index (χ1) is 14.1. The molecule has 1 N–H and O–H groups in total. The van der Waals surface area contributed by atoms with E-state index in [2.05, 4.69) is 49.3 Å². The number of para-hydroxylation sites is 2. The van der Waals surface area contributed by atoms with Gasteiger partial charge in [0.25, 0.3) is 5.91 Å². The Morgan fingerprint density at radius 3 is 2.41 bits per heavy atom. The van der Waals surface area contributed by atoms with Crippen LogP contribution >= 0.6 is 31.9 Å². The summed E-state index contributed by atoms with van der Waals surface area (Å²) in [5.41, 5.74) is 1.92. The first kappa shape index (κ1) is 21.4. The number of aryl methyl sites for hydroxylation is 1. The molecule has 0 aliphatic heterocycles. The van der Waals surface area contributed by atoms with Crippen molar-refractivity contribution in [3.63, 3.8) is 0 Å². The number of carbonyl (C=O) groups is 1. The molecule has 0 atom stereocenters. The van der Waals surface area contributed by atoms with E-state index in [9.17, 15) is 4.79 Å². The Morgan fingerprint density at radius 1 is 0.862 bits per heavy atom. The van der Waals surface area contributed by atoms with Crippen molar-refractivity contribution in [2.75, 3.05) is 18.5 Å². The number of hydrogen-bond donors (Lipinski definition) is 1. The minimum atomic E-state index is -0.250. The molecule has 0 fully saturated rings. The Bertz CT molecular complexity index is 948. The Balaban J connectivity index is 1.49. The maximum Gasteiger partial charge on any atom is 0.262 e. The van der Waals surface area contributed by atoms with Gasteiger partial charge < -0.3 is 14.8 Å². The van der Waals surface area contributed by atoms with Gasteiger partial charge in [-0.1, -0.05) is 58.4 Å². The summed E-state index contributed by atoms with van der Waals surface area (Å²) >= 11 is 6.81. The maximum atomic E-state index is 12.3. The van der Waals surface area contributed by atoms with Gasteiger partial charge in [-0.2, -0.15) is 0 Å². The lowest BCUT2D eigenvalue weighted by Gasteiger charge is -2.13. The van der Waals surface area contributed by atoms with Crippen LogP contribution in [0, 0.1) is 0 Å². The molecule has 0 radical (unpaired) electrons. The number of hydrogen-bond acceptors (Lipinski definition) is 3. The van der Waals surface area contributed by atoms with Crippen LogP contribution in [-0.2, 0) is 11.2 Å². The van der Waals surface area contributed by atoms with E-state index in [4.69, 9.17) is 9.47 Å². The van der Waals surface area contributed by atoms with Crippen LogP contribution < -0.4 is 14.8 Å². The molecule has 0 unspecified atom stereocenters. The molecule has 0 aliphatic rings. The normalized spacial score (nSPS) is 10.4. The topological polar surface area (TPSA) is 47.6 Å². The summed E-state index contributed by atoms with van der Waals surface area (Å²) in [5, 5.41) is 2.86. The number of rotatable bonds is 9. The Kier molecular flexibility index (Phi) is 8.14. The Hall–Kier alpha value is -2.31. The van der Waals surface area contributed by atoms with E-state index in [1.165, 1.54) is 5.56 Å². The molecule has 0 spiro atoms. The fourth-order valence-corrected chi connectivity index (χ4v) is 3.88. The number of carbonyl (C=O) groups excluding carboxylic acids is 1. The predicted molar refractivity (Wildman–Crippen MR) is 123 cm³/mol. The zero-order valence-electron chi connectivity index (χ0n) is 15.7. The van der Waals surface area contributed by atoms with Crippen molar-refractivity contribution < 1.29 is 14.3 Å². The quantitative estimate of drug-likeness (QED) is 0.341. The molecule has 0 aliphatic carbocycles. The molecule has 0 bridgehead atoms. The summed E-state index contributed by atoms with van der Waals surface area (Å²) in [6, 6.07) is 23.2. The highest BCUT2D eigenvalue weighted by molar-refractivity contribution is 9.11. The SMILES string of the molecule is O=C(COc1ccc(Br)cc1Br)Nc1ccccc1OCCCc1ccccc1. The number of anilines is 1. The van der Waals surface area contributed by atoms with Crippen molar-refractivity contribution >= 4 is 43.5 Å². The smallest absolute Gasteiger partial charge is 0.262 e. The Labute approximate surface area is 187 Å². The fraction of sp³-hybridized carbons (Fsp3) is 0.174. The van der Waals surface area contributed by atoms with Gasteiger partial charge in [0.2, 0.25) is 0 Å². The van der Waals surface area contributed by atoms with Gasteiger partial charge in [0.05, 0.1) is 16.8 Å². The third-order valence-electron chi connectivity index (χ3n) is 4.12. The van der Waals surface area contributed by atoms with Gasteiger partial charge in [0.15, 0.2) is 6.61 Å². The molecular formula is C23H21Br2NO3. The number of halogens is 2. The van der Waals surface area contributed by atoms with Crippen LogP contribution in [-0.4, -0.2) is 19.1 Å². The number of nitrogens with one attached hydrogen (secondary N) is 1. The number of ether oxygens (including phenoxy) is 2. The van der Waals surface area contributed by atoms with E-state index >= 15 is 0 Å². The molecule has 1 amide bonds. The summed E-state index contributed by atoms with van der Waals surface area (Å²) in [7, 11) is 0. The maximum absolute atomic E-state index is 12.3. The van der Waals surface area contributed by atoms with E-state index < -0.39 is 0 Å². The van der Waals surface area contributed by atoms with Crippen LogP contribution in [0.15, 0.2) is 81.7 Å². The van der Waals surface area contributed by atoms with Gasteiger partial charge in [-0.25, -0.2) is 0 Å². The largest absolute Gasteiger partial charge is 0.491 e. The summed E-state index contributed by atoms with van der Waals surface area (Å²) in [4.78, 5) is 12.3. The molecule has 3 rings (SSSR count). The average molecular weight is 519 g/mol. The van der Waals surface area contributed by atoms with E-state index in [0.717, 1.165) is 21.8 Å². The van der Waals surface area contributed by atoms with Crippen molar-refractivity contribution in [2.45, 2.75) is 12.8 Å². The zero-order valence-corrected chi connectivity index (χ0v) is 18.9. The summed E-state index contributed by atoms with van der Waals surface area (Å²) in [6.07, 6.45) is 1.85. The number of amides is 1. The lowest BCUT2D eigenvalue weighted by molar-refractivity contribution is -0.118. The molecule has 3 aromatic rings. The fourth-order valence-electron chi connectivity index (χ4n) is 2.72. The molecule has 6 heteroatoms. The van der Waals surface area contributed by atoms with Crippen LogP contribution in [0.1, 0.15) is 12.0 Å². The minimum Gasteiger partial charge on any atom is -0.491 e. The first-order valence-corrected chi connectivity index (χ1v) is 10.8. The van der Waals surface area contributed by atoms with Crippen LogP contribution in [0.4, 0.5) is 5.69 Å². The first-order valence-electron chi connectivity index (χ1n) is 9.25. The molecule has 0 heterocycles. The van der Waals surface area contributed by atoms with Crippen molar-refractivity contribution in [2.24, 2.45) is 0 Å².